The van der Waals surface area contributed by atoms with Gasteiger partial charge in [-0.25, -0.2) is 4.79 Å². The van der Waals surface area contributed by atoms with Crippen molar-refractivity contribution < 1.29 is 19.5 Å². The van der Waals surface area contributed by atoms with E-state index in [1.807, 2.05) is 6.92 Å². The molecule has 1 saturated heterocycles. The maximum Gasteiger partial charge on any atom is 0.414 e. The molecular formula is C15H19N3O4. The van der Waals surface area contributed by atoms with Crippen LogP contribution < -0.4 is 10.2 Å². The van der Waals surface area contributed by atoms with E-state index in [1.165, 1.54) is 11.8 Å². The van der Waals surface area contributed by atoms with E-state index in [1.54, 1.807) is 24.3 Å². The van der Waals surface area contributed by atoms with Crippen LogP contribution in [0.2, 0.25) is 0 Å². The second-order valence-electron chi connectivity index (χ2n) is 5.00. The van der Waals surface area contributed by atoms with Crippen LogP contribution in [0.4, 0.5) is 10.5 Å². The van der Waals surface area contributed by atoms with Crippen molar-refractivity contribution in [3.63, 3.8) is 0 Å². The molecule has 0 bridgehead atoms. The molecule has 0 unspecified atom stereocenters. The zero-order valence-electron chi connectivity index (χ0n) is 12.6. The van der Waals surface area contributed by atoms with E-state index in [-0.39, 0.29) is 12.0 Å². The lowest BCUT2D eigenvalue weighted by atomic mass is 10.1. The van der Waals surface area contributed by atoms with E-state index in [0.29, 0.717) is 30.9 Å². The molecule has 2 N–H and O–H groups in total. The molecule has 1 heterocycles. The van der Waals surface area contributed by atoms with Crippen LogP contribution in [-0.4, -0.2) is 42.1 Å². The third-order valence-electron chi connectivity index (χ3n) is 3.42. The number of cyclic esters (lactones) is 1. The maximum atomic E-state index is 11.9. The molecule has 22 heavy (non-hydrogen) atoms. The highest BCUT2D eigenvalue weighted by molar-refractivity contribution is 6.00. The number of benzene rings is 1. The van der Waals surface area contributed by atoms with E-state index < -0.39 is 6.09 Å². The van der Waals surface area contributed by atoms with E-state index in [0.717, 1.165) is 5.56 Å². The topological polar surface area (TPSA) is 91.2 Å². The Morgan fingerprint density at radius 1 is 1.45 bits per heavy atom. The highest BCUT2D eigenvalue weighted by Gasteiger charge is 2.32. The zero-order valence-corrected chi connectivity index (χ0v) is 12.6. The molecule has 0 saturated carbocycles. The monoisotopic (exact) mass is 305 g/mol. The number of amides is 2. The number of anilines is 1. The summed E-state index contributed by atoms with van der Waals surface area (Å²) in [5.74, 6) is -0.158. The Morgan fingerprint density at radius 2 is 2.14 bits per heavy atom. The summed E-state index contributed by atoms with van der Waals surface area (Å²) in [6, 6.07) is 7.14. The summed E-state index contributed by atoms with van der Waals surface area (Å²) in [4.78, 5) is 24.3. The first-order chi connectivity index (χ1) is 10.5. The van der Waals surface area contributed by atoms with Gasteiger partial charge in [-0.1, -0.05) is 24.2 Å². The second kappa shape index (κ2) is 6.93. The highest BCUT2D eigenvalue weighted by Crippen LogP contribution is 2.22. The van der Waals surface area contributed by atoms with Gasteiger partial charge in [0.25, 0.3) is 0 Å². The lowest BCUT2D eigenvalue weighted by Gasteiger charge is -2.13. The number of rotatable bonds is 5. The fourth-order valence-corrected chi connectivity index (χ4v) is 2.26. The molecule has 1 atom stereocenters. The van der Waals surface area contributed by atoms with Gasteiger partial charge in [0, 0.05) is 12.6 Å². The van der Waals surface area contributed by atoms with Crippen molar-refractivity contribution >= 4 is 23.4 Å². The summed E-state index contributed by atoms with van der Waals surface area (Å²) in [7, 11) is 0. The molecular weight excluding hydrogens is 286 g/mol. The van der Waals surface area contributed by atoms with E-state index in [2.05, 4.69) is 10.5 Å². The third-order valence-corrected chi connectivity index (χ3v) is 3.42. The number of hydrogen-bond donors (Lipinski definition) is 2. The molecule has 0 spiro atoms. The van der Waals surface area contributed by atoms with Gasteiger partial charge in [-0.15, -0.1) is 0 Å². The predicted molar refractivity (Wildman–Crippen MR) is 81.4 cm³/mol. The number of nitrogens with zero attached hydrogens (tertiary/aromatic N) is 2. The fraction of sp³-hybridized carbons (Fsp3) is 0.400. The van der Waals surface area contributed by atoms with Crippen molar-refractivity contribution in [2.45, 2.75) is 26.4 Å². The van der Waals surface area contributed by atoms with Gasteiger partial charge in [-0.2, -0.15) is 0 Å². The highest BCUT2D eigenvalue weighted by atomic mass is 16.6. The molecule has 1 aliphatic rings. The quantitative estimate of drug-likeness (QED) is 0.492. The third kappa shape index (κ3) is 3.55. The molecule has 118 valence electrons. The molecule has 1 aliphatic heterocycles. The smallest absolute Gasteiger partial charge is 0.414 e. The fourth-order valence-electron chi connectivity index (χ4n) is 2.26. The Balaban J connectivity index is 2.05. The van der Waals surface area contributed by atoms with Crippen molar-refractivity contribution in [3.05, 3.63) is 29.8 Å². The predicted octanol–water partition coefficient (Wildman–Crippen LogP) is 1.74. The number of nitrogens with one attached hydrogen (secondary N) is 1. The van der Waals surface area contributed by atoms with E-state index in [4.69, 9.17) is 9.94 Å². The van der Waals surface area contributed by atoms with Crippen LogP contribution in [0.1, 0.15) is 25.8 Å². The van der Waals surface area contributed by atoms with Gasteiger partial charge in [-0.3, -0.25) is 9.69 Å². The normalized spacial score (nSPS) is 18.3. The minimum atomic E-state index is -0.436. The van der Waals surface area contributed by atoms with Crippen LogP contribution in [0.15, 0.2) is 29.4 Å². The number of oxime groups is 1. The van der Waals surface area contributed by atoms with Gasteiger partial charge >= 0.3 is 6.09 Å². The minimum absolute atomic E-state index is 0.158. The van der Waals surface area contributed by atoms with Crippen molar-refractivity contribution in [2.24, 2.45) is 5.16 Å². The first kappa shape index (κ1) is 15.8. The summed E-state index contributed by atoms with van der Waals surface area (Å²) in [6.07, 6.45) is -0.184. The largest absolute Gasteiger partial charge is 0.442 e. The van der Waals surface area contributed by atoms with Gasteiger partial charge in [0.05, 0.1) is 18.8 Å². The maximum absolute atomic E-state index is 11.9. The summed E-state index contributed by atoms with van der Waals surface area (Å²) in [6.45, 7) is 3.99. The van der Waals surface area contributed by atoms with Crippen LogP contribution >= 0.6 is 0 Å². The van der Waals surface area contributed by atoms with E-state index >= 15 is 0 Å². The molecule has 7 heteroatoms. The molecule has 1 fully saturated rings. The first-order valence-corrected chi connectivity index (χ1v) is 7.09. The Labute approximate surface area is 128 Å². The Morgan fingerprint density at radius 3 is 2.68 bits per heavy atom. The Bertz CT molecular complexity index is 583. The zero-order chi connectivity index (χ0) is 16.1. The summed E-state index contributed by atoms with van der Waals surface area (Å²) in [5.41, 5.74) is 2.09. The van der Waals surface area contributed by atoms with Gasteiger partial charge in [-0.05, 0) is 24.1 Å². The van der Waals surface area contributed by atoms with E-state index in [9.17, 15) is 9.59 Å². The van der Waals surface area contributed by atoms with Gasteiger partial charge in [0.1, 0.15) is 6.10 Å². The van der Waals surface area contributed by atoms with Crippen LogP contribution in [0.3, 0.4) is 0 Å². The van der Waals surface area contributed by atoms with Crippen molar-refractivity contribution in [1.29, 1.82) is 0 Å². The van der Waals surface area contributed by atoms with Crippen molar-refractivity contribution in [3.8, 4) is 0 Å². The lowest BCUT2D eigenvalue weighted by Crippen LogP contribution is -2.33. The van der Waals surface area contributed by atoms with Gasteiger partial charge in [0.15, 0.2) is 0 Å². The SMILES string of the molecule is CC/C(=N/O)c1ccc(N2C[C@H](CNC(C)=O)OC2=O)cc1. The van der Waals surface area contributed by atoms with Gasteiger partial charge < -0.3 is 15.3 Å². The Hall–Kier alpha value is -2.57. The molecule has 0 radical (unpaired) electrons. The summed E-state index contributed by atoms with van der Waals surface area (Å²) in [5, 5.41) is 14.8. The van der Waals surface area contributed by atoms with Gasteiger partial charge in [0.2, 0.25) is 5.91 Å². The average molecular weight is 305 g/mol. The lowest BCUT2D eigenvalue weighted by molar-refractivity contribution is -0.119. The molecule has 0 aromatic heterocycles. The molecule has 7 nitrogen and oxygen atoms in total. The number of ether oxygens (including phenoxy) is 1. The minimum Gasteiger partial charge on any atom is -0.442 e. The summed E-state index contributed by atoms with van der Waals surface area (Å²) < 4.78 is 5.21. The Kier molecular flexibility index (Phi) is 4.98. The number of hydrogen-bond acceptors (Lipinski definition) is 5. The van der Waals surface area contributed by atoms with Crippen LogP contribution in [0.25, 0.3) is 0 Å². The average Bonchev–Trinajstić information content (AvgIpc) is 2.88. The van der Waals surface area contributed by atoms with Crippen LogP contribution in [-0.2, 0) is 9.53 Å². The molecule has 1 aromatic rings. The molecule has 1 aromatic carbocycles. The van der Waals surface area contributed by atoms with Crippen molar-refractivity contribution in [2.75, 3.05) is 18.0 Å². The number of carbonyl (C=O) groups is 2. The number of carbonyl (C=O) groups excluding carboxylic acids is 2. The molecule has 2 amide bonds. The summed E-state index contributed by atoms with van der Waals surface area (Å²) >= 11 is 0. The van der Waals surface area contributed by atoms with Crippen LogP contribution in [0.5, 0.6) is 0 Å². The second-order valence-corrected chi connectivity index (χ2v) is 5.00. The first-order valence-electron chi connectivity index (χ1n) is 7.09. The van der Waals surface area contributed by atoms with Crippen molar-refractivity contribution in [1.82, 2.24) is 5.32 Å². The molecule has 0 aliphatic carbocycles. The van der Waals surface area contributed by atoms with Crippen LogP contribution in [0, 0.1) is 0 Å². The standard InChI is InChI=1S/C15H19N3O4/c1-3-14(17-21)11-4-6-12(7-5-11)18-9-13(22-15(18)20)8-16-10(2)19/h4-7,13,21H,3,8-9H2,1-2H3,(H,16,19)/b17-14-/t13-/m0/s1. The molecule has 2 rings (SSSR count).